The Kier molecular flexibility index (Phi) is 8.48. The summed E-state index contributed by atoms with van der Waals surface area (Å²) in [6, 6.07) is 12.4. The van der Waals surface area contributed by atoms with E-state index in [2.05, 4.69) is 15.8 Å². The maximum atomic E-state index is 13.0. The van der Waals surface area contributed by atoms with Crippen LogP contribution in [0.3, 0.4) is 0 Å². The number of nitrogens with zero attached hydrogens (tertiary/aromatic N) is 2. The van der Waals surface area contributed by atoms with E-state index >= 15 is 0 Å². The van der Waals surface area contributed by atoms with Gasteiger partial charge in [0.1, 0.15) is 0 Å². The van der Waals surface area contributed by atoms with E-state index in [0.29, 0.717) is 11.5 Å². The molecule has 0 atom stereocenters. The number of hydrazine groups is 1. The van der Waals surface area contributed by atoms with Crippen LogP contribution in [0.1, 0.15) is 23.2 Å². The molecule has 2 aromatic rings. The van der Waals surface area contributed by atoms with Gasteiger partial charge in [0.15, 0.2) is 18.1 Å². The number of piperidine rings is 1. The average molecular weight is 491 g/mol. The summed E-state index contributed by atoms with van der Waals surface area (Å²) in [5.74, 6) is -0.277. The third kappa shape index (κ3) is 6.25. The number of para-hydroxylation sites is 2. The second kappa shape index (κ2) is 11.3. The monoisotopic (exact) mass is 490 g/mol. The van der Waals surface area contributed by atoms with Gasteiger partial charge in [0, 0.05) is 18.7 Å². The highest BCUT2D eigenvalue weighted by atomic mass is 32.2. The van der Waals surface area contributed by atoms with Gasteiger partial charge in [-0.1, -0.05) is 12.1 Å². The summed E-state index contributed by atoms with van der Waals surface area (Å²) < 4.78 is 37.9. The summed E-state index contributed by atoms with van der Waals surface area (Å²) in [6.07, 6.45) is 1.54. The number of rotatable bonds is 8. The van der Waals surface area contributed by atoms with Gasteiger partial charge in [-0.2, -0.15) is 4.31 Å². The van der Waals surface area contributed by atoms with Gasteiger partial charge in [0.05, 0.1) is 12.0 Å². The number of likely N-dealkylation sites (tertiary alicyclic amines) is 1. The Hall–Kier alpha value is -3.15. The molecule has 184 valence electrons. The van der Waals surface area contributed by atoms with Gasteiger partial charge < -0.3 is 14.4 Å². The predicted octanol–water partition coefficient (Wildman–Crippen LogP) is 1.25. The van der Waals surface area contributed by atoms with E-state index in [4.69, 9.17) is 9.47 Å². The van der Waals surface area contributed by atoms with Crippen molar-refractivity contribution in [2.45, 2.75) is 23.8 Å². The molecule has 1 heterocycles. The van der Waals surface area contributed by atoms with Gasteiger partial charge in [-0.05, 0) is 69.4 Å². The van der Waals surface area contributed by atoms with Crippen LogP contribution in [-0.2, 0) is 14.8 Å². The largest absolute Gasteiger partial charge is 0.493 e. The zero-order valence-electron chi connectivity index (χ0n) is 19.5. The smallest absolute Gasteiger partial charge is 0.276 e. The summed E-state index contributed by atoms with van der Waals surface area (Å²) in [6.45, 7) is 1.36. The summed E-state index contributed by atoms with van der Waals surface area (Å²) >= 11 is 0. The molecule has 0 unspecified atom stereocenters. The minimum absolute atomic E-state index is 0.0579. The number of benzene rings is 2. The van der Waals surface area contributed by atoms with E-state index in [1.165, 1.54) is 35.7 Å². The molecule has 1 saturated heterocycles. The highest BCUT2D eigenvalue weighted by Gasteiger charge is 2.30. The van der Waals surface area contributed by atoms with E-state index in [1.54, 1.807) is 31.3 Å². The third-order valence-corrected chi connectivity index (χ3v) is 7.66. The molecular formula is C23H30N4O6S. The van der Waals surface area contributed by atoms with E-state index in [9.17, 15) is 18.0 Å². The number of amides is 2. The predicted molar refractivity (Wildman–Crippen MR) is 126 cm³/mol. The number of methoxy groups -OCH3 is 1. The molecule has 11 heteroatoms. The van der Waals surface area contributed by atoms with Crippen molar-refractivity contribution in [1.29, 1.82) is 0 Å². The van der Waals surface area contributed by atoms with E-state index in [1.807, 2.05) is 7.05 Å². The highest BCUT2D eigenvalue weighted by Crippen LogP contribution is 2.25. The van der Waals surface area contributed by atoms with Crippen LogP contribution < -0.4 is 20.3 Å². The lowest BCUT2D eigenvalue weighted by Crippen LogP contribution is -2.44. The SMILES string of the molecule is COc1ccccc1OCC(=O)NNC(=O)c1ccc(S(=O)(=O)N(C)C2CCN(C)CC2)cc1. The number of hydrogen-bond acceptors (Lipinski definition) is 7. The number of carbonyl (C=O) groups excluding carboxylic acids is 2. The van der Waals surface area contributed by atoms with Crippen LogP contribution in [0.5, 0.6) is 11.5 Å². The van der Waals surface area contributed by atoms with E-state index in [0.717, 1.165) is 25.9 Å². The van der Waals surface area contributed by atoms with Crippen molar-refractivity contribution in [3.05, 3.63) is 54.1 Å². The molecule has 10 nitrogen and oxygen atoms in total. The Balaban J connectivity index is 1.52. The van der Waals surface area contributed by atoms with Crippen LogP contribution in [0.15, 0.2) is 53.4 Å². The van der Waals surface area contributed by atoms with Crippen LogP contribution in [0, 0.1) is 0 Å². The standard InChI is InChI=1S/C23H30N4O6S/c1-26-14-12-18(13-15-26)27(2)34(30,31)19-10-8-17(9-11-19)23(29)25-24-22(28)16-33-21-7-5-4-6-20(21)32-3/h4-11,18H,12-16H2,1-3H3,(H,24,28)(H,25,29). The maximum Gasteiger partial charge on any atom is 0.276 e. The average Bonchev–Trinajstić information content (AvgIpc) is 2.86. The summed E-state index contributed by atoms with van der Waals surface area (Å²) in [5, 5.41) is 0. The molecule has 3 rings (SSSR count). The molecule has 0 bridgehead atoms. The van der Waals surface area contributed by atoms with Crippen LogP contribution >= 0.6 is 0 Å². The Morgan fingerprint density at radius 2 is 1.65 bits per heavy atom. The molecule has 0 radical (unpaired) electrons. The van der Waals surface area contributed by atoms with Crippen molar-refractivity contribution in [2.24, 2.45) is 0 Å². The number of sulfonamides is 1. The second-order valence-electron chi connectivity index (χ2n) is 8.02. The normalized spacial score (nSPS) is 15.1. The zero-order chi connectivity index (χ0) is 24.7. The molecule has 0 aromatic heterocycles. The number of nitrogens with one attached hydrogen (secondary N) is 2. The fraction of sp³-hybridized carbons (Fsp3) is 0.391. The Morgan fingerprint density at radius 1 is 1.03 bits per heavy atom. The van der Waals surface area contributed by atoms with Gasteiger partial charge in [-0.15, -0.1) is 0 Å². The van der Waals surface area contributed by atoms with Crippen molar-refractivity contribution in [2.75, 3.05) is 40.9 Å². The van der Waals surface area contributed by atoms with Gasteiger partial charge in [0.25, 0.3) is 11.8 Å². The molecule has 0 aliphatic carbocycles. The lowest BCUT2D eigenvalue weighted by Gasteiger charge is -2.34. The first-order valence-corrected chi connectivity index (χ1v) is 12.3. The van der Waals surface area contributed by atoms with Crippen LogP contribution in [0.4, 0.5) is 0 Å². The molecule has 1 aliphatic rings. The topological polar surface area (TPSA) is 117 Å². The van der Waals surface area contributed by atoms with Gasteiger partial charge in [-0.25, -0.2) is 8.42 Å². The highest BCUT2D eigenvalue weighted by molar-refractivity contribution is 7.89. The Bertz CT molecular complexity index is 1100. The molecule has 2 aromatic carbocycles. The molecular weight excluding hydrogens is 460 g/mol. The quantitative estimate of drug-likeness (QED) is 0.535. The first kappa shape index (κ1) is 25.5. The lowest BCUT2D eigenvalue weighted by molar-refractivity contribution is -0.123. The summed E-state index contributed by atoms with van der Waals surface area (Å²) in [4.78, 5) is 26.6. The fourth-order valence-electron chi connectivity index (χ4n) is 3.62. The maximum absolute atomic E-state index is 13.0. The van der Waals surface area contributed by atoms with Crippen molar-refractivity contribution >= 4 is 21.8 Å². The van der Waals surface area contributed by atoms with Crippen LogP contribution in [0.2, 0.25) is 0 Å². The lowest BCUT2D eigenvalue weighted by atomic mass is 10.1. The number of carbonyl (C=O) groups is 2. The Labute approximate surface area is 199 Å². The molecule has 1 aliphatic heterocycles. The third-order valence-electron chi connectivity index (χ3n) is 5.74. The molecule has 2 amide bonds. The molecule has 2 N–H and O–H groups in total. The van der Waals surface area contributed by atoms with Gasteiger partial charge in [-0.3, -0.25) is 20.4 Å². The van der Waals surface area contributed by atoms with E-state index in [-0.39, 0.29) is 23.1 Å². The van der Waals surface area contributed by atoms with Crippen molar-refractivity contribution in [1.82, 2.24) is 20.1 Å². The fourth-order valence-corrected chi connectivity index (χ4v) is 5.03. The molecule has 0 saturated carbocycles. The minimum atomic E-state index is -3.68. The van der Waals surface area contributed by atoms with Crippen molar-refractivity contribution in [3.63, 3.8) is 0 Å². The molecule has 1 fully saturated rings. The first-order valence-electron chi connectivity index (χ1n) is 10.8. The summed E-state index contributed by atoms with van der Waals surface area (Å²) in [5.41, 5.74) is 4.75. The summed E-state index contributed by atoms with van der Waals surface area (Å²) in [7, 11) is 1.42. The minimum Gasteiger partial charge on any atom is -0.493 e. The van der Waals surface area contributed by atoms with Gasteiger partial charge >= 0.3 is 0 Å². The first-order chi connectivity index (χ1) is 16.2. The molecule has 34 heavy (non-hydrogen) atoms. The second-order valence-corrected chi connectivity index (χ2v) is 10.0. The Morgan fingerprint density at radius 3 is 2.26 bits per heavy atom. The van der Waals surface area contributed by atoms with Crippen molar-refractivity contribution in [3.8, 4) is 11.5 Å². The number of hydrogen-bond donors (Lipinski definition) is 2. The number of ether oxygens (including phenoxy) is 2. The zero-order valence-corrected chi connectivity index (χ0v) is 20.3. The van der Waals surface area contributed by atoms with Crippen LogP contribution in [-0.4, -0.2) is 76.4 Å². The van der Waals surface area contributed by atoms with E-state index < -0.39 is 21.8 Å². The van der Waals surface area contributed by atoms with Crippen LogP contribution in [0.25, 0.3) is 0 Å². The van der Waals surface area contributed by atoms with Gasteiger partial charge in [0.2, 0.25) is 10.0 Å². The van der Waals surface area contributed by atoms with Crippen molar-refractivity contribution < 1.29 is 27.5 Å². The molecule has 0 spiro atoms.